The molecule has 0 radical (unpaired) electrons. The summed E-state index contributed by atoms with van der Waals surface area (Å²) in [5.74, 6) is -1.70. The van der Waals surface area contributed by atoms with Gasteiger partial charge in [-0.1, -0.05) is 0 Å². The monoisotopic (exact) mass is 539 g/mol. The van der Waals surface area contributed by atoms with Crippen LogP contribution in [0, 0.1) is 23.3 Å². The molecule has 6 rings (SSSR count). The second-order valence-electron chi connectivity index (χ2n) is 8.84. The summed E-state index contributed by atoms with van der Waals surface area (Å²) in [7, 11) is -2.45. The van der Waals surface area contributed by atoms with E-state index in [9.17, 15) is 22.1 Å². The summed E-state index contributed by atoms with van der Waals surface area (Å²) in [6.07, 6.45) is 0. The molecule has 5 nitrogen and oxygen atoms in total. The molecule has 6 aromatic rings. The van der Waals surface area contributed by atoms with Crippen LogP contribution in [0.2, 0.25) is 0 Å². The lowest BCUT2D eigenvalue weighted by atomic mass is 10.1. The Balaban J connectivity index is 1.14. The molecule has 38 heavy (non-hydrogen) atoms. The van der Waals surface area contributed by atoms with Crippen molar-refractivity contribution in [2.75, 3.05) is 13.2 Å². The summed E-state index contributed by atoms with van der Waals surface area (Å²) < 4.78 is 82.3. The summed E-state index contributed by atoms with van der Waals surface area (Å²) >= 11 is 0. The van der Waals surface area contributed by atoms with Crippen molar-refractivity contribution < 1.29 is 31.2 Å². The highest BCUT2D eigenvalue weighted by molar-refractivity contribution is 7.33. The minimum atomic E-state index is -2.45. The van der Waals surface area contributed by atoms with E-state index in [4.69, 9.17) is 9.05 Å². The quantitative estimate of drug-likeness (QED) is 0.146. The molecule has 10 heteroatoms. The molecular weight excluding hydrogens is 519 g/mol. The number of hydrogen-bond donors (Lipinski definition) is 0. The van der Waals surface area contributed by atoms with Crippen molar-refractivity contribution in [2.24, 2.45) is 0 Å². The minimum Gasteiger partial charge on any atom is -0.338 e. The largest absolute Gasteiger partial charge is 0.697 e. The Labute approximate surface area is 214 Å². The first-order chi connectivity index (χ1) is 18.4. The molecule has 0 aliphatic carbocycles. The van der Waals surface area contributed by atoms with E-state index in [1.54, 1.807) is 24.3 Å². The Morgan fingerprint density at radius 2 is 0.816 bits per heavy atom. The smallest absolute Gasteiger partial charge is 0.338 e. The molecular formula is C28H20F4N2O3P+. The van der Waals surface area contributed by atoms with Gasteiger partial charge in [-0.05, 0) is 72.8 Å². The summed E-state index contributed by atoms with van der Waals surface area (Å²) in [5, 5.41) is 2.30. The average Bonchev–Trinajstić information content (AvgIpc) is 3.35. The fraction of sp³-hybridized carbons (Fsp3) is 0.143. The minimum absolute atomic E-state index is 0.0385. The molecule has 192 valence electrons. The van der Waals surface area contributed by atoms with Gasteiger partial charge in [0.1, 0.15) is 36.5 Å². The van der Waals surface area contributed by atoms with Crippen molar-refractivity contribution in [3.63, 3.8) is 0 Å². The molecule has 2 heterocycles. The predicted molar refractivity (Wildman–Crippen MR) is 138 cm³/mol. The molecule has 0 amide bonds. The zero-order valence-corrected chi connectivity index (χ0v) is 20.7. The van der Waals surface area contributed by atoms with Crippen LogP contribution in [0.5, 0.6) is 0 Å². The molecule has 0 spiro atoms. The first kappa shape index (κ1) is 24.6. The molecule has 0 saturated carbocycles. The van der Waals surface area contributed by atoms with Gasteiger partial charge in [-0.25, -0.2) is 17.6 Å². The molecule has 0 aliphatic heterocycles. The molecule has 4 aromatic carbocycles. The van der Waals surface area contributed by atoms with E-state index in [0.29, 0.717) is 43.6 Å². The molecule has 0 bridgehead atoms. The number of rotatable bonds is 8. The van der Waals surface area contributed by atoms with Gasteiger partial charge in [-0.2, -0.15) is 0 Å². The number of benzene rings is 4. The summed E-state index contributed by atoms with van der Waals surface area (Å²) in [6.45, 7) is 0.644. The maximum absolute atomic E-state index is 13.8. The Morgan fingerprint density at radius 1 is 0.526 bits per heavy atom. The van der Waals surface area contributed by atoms with Crippen LogP contribution < -0.4 is 0 Å². The van der Waals surface area contributed by atoms with Gasteiger partial charge in [0.2, 0.25) is 0 Å². The van der Waals surface area contributed by atoms with Crippen LogP contribution in [0.3, 0.4) is 0 Å². The Hall–Kier alpha value is -3.78. The summed E-state index contributed by atoms with van der Waals surface area (Å²) in [4.78, 5) is 0. The van der Waals surface area contributed by atoms with Gasteiger partial charge in [0, 0.05) is 48.2 Å². The van der Waals surface area contributed by atoms with Crippen molar-refractivity contribution in [1.82, 2.24) is 9.13 Å². The van der Waals surface area contributed by atoms with Crippen LogP contribution in [-0.2, 0) is 26.7 Å². The van der Waals surface area contributed by atoms with E-state index in [2.05, 4.69) is 0 Å². The summed E-state index contributed by atoms with van der Waals surface area (Å²) in [5.41, 5.74) is 2.80. The van der Waals surface area contributed by atoms with Crippen LogP contribution in [-0.4, -0.2) is 22.3 Å². The number of nitrogens with zero attached hydrogens (tertiary/aromatic N) is 2. The SMILES string of the molecule is O=[P+](OCCn1c2ccc(F)cc2c2cc(F)ccc21)OCCn1c2ccc(F)cc2c2cc(F)ccc21. The van der Waals surface area contributed by atoms with Gasteiger partial charge in [0.05, 0.1) is 13.1 Å². The van der Waals surface area contributed by atoms with Gasteiger partial charge in [-0.3, -0.25) is 0 Å². The molecule has 0 fully saturated rings. The topological polar surface area (TPSA) is 45.4 Å². The van der Waals surface area contributed by atoms with Crippen molar-refractivity contribution >= 4 is 51.9 Å². The molecule has 0 saturated heterocycles. The second kappa shape index (κ2) is 9.83. The van der Waals surface area contributed by atoms with E-state index in [0.717, 1.165) is 0 Å². The van der Waals surface area contributed by atoms with E-state index < -0.39 is 31.5 Å². The van der Waals surface area contributed by atoms with Crippen LogP contribution in [0.1, 0.15) is 0 Å². The summed E-state index contributed by atoms with van der Waals surface area (Å²) in [6, 6.07) is 17.2. The van der Waals surface area contributed by atoms with Crippen molar-refractivity contribution in [3.05, 3.63) is 96.1 Å². The van der Waals surface area contributed by atoms with E-state index in [-0.39, 0.29) is 26.3 Å². The average molecular weight is 539 g/mol. The van der Waals surface area contributed by atoms with Crippen LogP contribution in [0.15, 0.2) is 72.8 Å². The lowest BCUT2D eigenvalue weighted by Crippen LogP contribution is -2.05. The third kappa shape index (κ3) is 4.43. The van der Waals surface area contributed by atoms with E-state index >= 15 is 0 Å². The van der Waals surface area contributed by atoms with E-state index in [1.807, 2.05) is 9.13 Å². The number of halogens is 4. The van der Waals surface area contributed by atoms with Crippen molar-refractivity contribution in [3.8, 4) is 0 Å². The van der Waals surface area contributed by atoms with Crippen LogP contribution >= 0.6 is 8.25 Å². The predicted octanol–water partition coefficient (Wildman–Crippen LogP) is 7.85. The fourth-order valence-electron chi connectivity index (χ4n) is 5.03. The van der Waals surface area contributed by atoms with Gasteiger partial charge >= 0.3 is 8.25 Å². The van der Waals surface area contributed by atoms with Gasteiger partial charge in [0.25, 0.3) is 0 Å². The molecule has 0 unspecified atom stereocenters. The van der Waals surface area contributed by atoms with Crippen molar-refractivity contribution in [2.45, 2.75) is 13.1 Å². The van der Waals surface area contributed by atoms with Crippen LogP contribution in [0.4, 0.5) is 17.6 Å². The Morgan fingerprint density at radius 3 is 1.11 bits per heavy atom. The van der Waals surface area contributed by atoms with Crippen molar-refractivity contribution in [1.29, 1.82) is 0 Å². The first-order valence-electron chi connectivity index (χ1n) is 11.9. The lowest BCUT2D eigenvalue weighted by Gasteiger charge is -2.05. The third-order valence-electron chi connectivity index (χ3n) is 6.60. The van der Waals surface area contributed by atoms with E-state index in [1.165, 1.54) is 48.5 Å². The molecule has 0 aliphatic rings. The second-order valence-corrected chi connectivity index (χ2v) is 9.80. The zero-order valence-electron chi connectivity index (χ0n) is 19.8. The van der Waals surface area contributed by atoms with Gasteiger partial charge in [-0.15, -0.1) is 9.05 Å². The Kier molecular flexibility index (Phi) is 6.35. The maximum Gasteiger partial charge on any atom is 0.697 e. The number of hydrogen-bond acceptors (Lipinski definition) is 3. The van der Waals surface area contributed by atoms with Gasteiger partial charge in [0.15, 0.2) is 0 Å². The molecule has 0 N–H and O–H groups in total. The number of aromatic nitrogens is 2. The first-order valence-corrected chi connectivity index (χ1v) is 13.0. The third-order valence-corrected chi connectivity index (χ3v) is 7.39. The highest BCUT2D eigenvalue weighted by atomic mass is 31.1. The maximum atomic E-state index is 13.8. The highest BCUT2D eigenvalue weighted by Gasteiger charge is 2.22. The molecule has 2 aromatic heterocycles. The normalized spacial score (nSPS) is 11.9. The zero-order chi connectivity index (χ0) is 26.4. The standard InChI is InChI=1S/C28H20F4N2O3P/c29-17-1-5-25-21(13-17)22-14-18(30)2-6-26(22)33(25)9-11-36-38(35)37-12-10-34-27-7-3-19(31)15-23(27)24-16-20(32)4-8-28(24)34/h1-8,13-16H,9-12H2/q+1. The molecule has 0 atom stereocenters. The Bertz CT molecular complexity index is 1610. The van der Waals surface area contributed by atoms with Gasteiger partial charge < -0.3 is 9.13 Å². The number of fused-ring (bicyclic) bond motifs is 6. The highest BCUT2D eigenvalue weighted by Crippen LogP contribution is 2.33. The fourth-order valence-corrected chi connectivity index (χ4v) is 5.57. The van der Waals surface area contributed by atoms with Crippen LogP contribution in [0.25, 0.3) is 43.6 Å². The lowest BCUT2D eigenvalue weighted by molar-refractivity contribution is 0.216.